The van der Waals surface area contributed by atoms with Crippen LogP contribution in [-0.2, 0) is 22.3 Å². The third kappa shape index (κ3) is 7.04. The highest BCUT2D eigenvalue weighted by Gasteiger charge is 2.50. The summed E-state index contributed by atoms with van der Waals surface area (Å²) in [6.45, 7) is -1.20. The van der Waals surface area contributed by atoms with Crippen molar-refractivity contribution in [3.05, 3.63) is 82.9 Å². The van der Waals surface area contributed by atoms with Crippen LogP contribution in [0, 0.1) is 11.8 Å². The van der Waals surface area contributed by atoms with Gasteiger partial charge in [-0.25, -0.2) is 0 Å². The van der Waals surface area contributed by atoms with E-state index < -0.39 is 48.5 Å². The predicted octanol–water partition coefficient (Wildman–Crippen LogP) is 3.52. The van der Waals surface area contributed by atoms with E-state index in [1.165, 1.54) is 46.6 Å². The Bertz CT molecular complexity index is 1980. The predicted molar refractivity (Wildman–Crippen MR) is 193 cm³/mol. The molecular weight excluding hydrogens is 704 g/mol. The lowest BCUT2D eigenvalue weighted by Crippen LogP contribution is -2.41. The van der Waals surface area contributed by atoms with Crippen molar-refractivity contribution in [3.63, 3.8) is 0 Å². The summed E-state index contributed by atoms with van der Waals surface area (Å²) in [6, 6.07) is 15.6. The summed E-state index contributed by atoms with van der Waals surface area (Å²) < 4.78 is 33.6. The first-order valence-electron chi connectivity index (χ1n) is 17.3. The monoisotopic (exact) mass is 750 g/mol. The summed E-state index contributed by atoms with van der Waals surface area (Å²) in [6.07, 6.45) is -1.61. The second-order valence-electron chi connectivity index (χ2n) is 13.9. The lowest BCUT2D eigenvalue weighted by atomic mass is 9.79. The number of ether oxygens (including phenoxy) is 6. The molecule has 6 unspecified atom stereocenters. The van der Waals surface area contributed by atoms with Crippen molar-refractivity contribution in [1.82, 2.24) is 0 Å². The zero-order valence-electron chi connectivity index (χ0n) is 30.4. The molecule has 0 amide bonds. The lowest BCUT2D eigenvalue weighted by molar-refractivity contribution is -0.0154. The minimum absolute atomic E-state index is 0.0283. The van der Waals surface area contributed by atoms with Gasteiger partial charge in [-0.3, -0.25) is 0 Å². The molecule has 2 aliphatic heterocycles. The highest BCUT2D eigenvalue weighted by molar-refractivity contribution is 5.81. The largest absolute Gasteiger partial charge is 0.504 e. The fourth-order valence-electron chi connectivity index (χ4n) is 7.72. The molecule has 4 aromatic rings. The van der Waals surface area contributed by atoms with Gasteiger partial charge in [-0.15, -0.1) is 0 Å². The molecule has 4 aromatic carbocycles. The fourth-order valence-corrected chi connectivity index (χ4v) is 7.72. The van der Waals surface area contributed by atoms with Crippen LogP contribution in [0.1, 0.15) is 34.5 Å². The maximum Gasteiger partial charge on any atom is 0.165 e. The number of aliphatic hydroxyl groups is 4. The van der Waals surface area contributed by atoms with Crippen LogP contribution in [0.4, 0.5) is 0 Å². The van der Waals surface area contributed by atoms with E-state index in [9.17, 15) is 40.9 Å². The molecule has 6 atom stereocenters. The maximum atomic E-state index is 12.0. The molecule has 0 saturated carbocycles. The summed E-state index contributed by atoms with van der Waals surface area (Å²) in [4.78, 5) is 0. The summed E-state index contributed by atoms with van der Waals surface area (Å²) in [5.41, 5.74) is -0.773. The standard InChI is InChI=1S/C40H46O14/c1-49-31-10-21(5-7-29(31)43)15-39(47)19-54-38(28(39)18-42)24-12-26(36(46)34(14-24)52-4)25-9-22(11-33(51-3)35(25)45)16-40(48)20-53-37(27(40)17-41)23-6-8-30(44)32(13-23)50-2/h5-14,27-28,37-38,41-48H,15-20H2,1-4H3. The van der Waals surface area contributed by atoms with Gasteiger partial charge in [0.1, 0.15) is 0 Å². The number of phenols is 4. The summed E-state index contributed by atoms with van der Waals surface area (Å²) in [5, 5.41) is 87.9. The van der Waals surface area contributed by atoms with Crippen LogP contribution in [0.15, 0.2) is 60.7 Å². The van der Waals surface area contributed by atoms with Crippen molar-refractivity contribution < 1.29 is 69.3 Å². The quantitative estimate of drug-likeness (QED) is 0.0982. The molecule has 8 N–H and O–H groups in total. The van der Waals surface area contributed by atoms with Crippen molar-refractivity contribution >= 4 is 0 Å². The SMILES string of the molecule is COc1cc(CC2(O)COC(c3cc(OC)c(O)c(-c4cc(CC5(O)COC(c6ccc(O)c(OC)c6)C5CO)cc(OC)c4O)c3)C2CO)ccc1O. The smallest absolute Gasteiger partial charge is 0.165 e. The molecule has 2 fully saturated rings. The Morgan fingerprint density at radius 1 is 0.556 bits per heavy atom. The van der Waals surface area contributed by atoms with Crippen molar-refractivity contribution in [2.75, 3.05) is 54.9 Å². The highest BCUT2D eigenvalue weighted by atomic mass is 16.5. The Kier molecular flexibility index (Phi) is 11.1. The van der Waals surface area contributed by atoms with E-state index in [1.807, 2.05) is 0 Å². The maximum absolute atomic E-state index is 12.0. The molecule has 6 rings (SSSR count). The van der Waals surface area contributed by atoms with Crippen LogP contribution < -0.4 is 18.9 Å². The van der Waals surface area contributed by atoms with E-state index in [1.54, 1.807) is 42.5 Å². The van der Waals surface area contributed by atoms with Gasteiger partial charge in [0.05, 0.1) is 78.3 Å². The lowest BCUT2D eigenvalue weighted by Gasteiger charge is -2.30. The first kappa shape index (κ1) is 38.8. The third-order valence-electron chi connectivity index (χ3n) is 10.6. The van der Waals surface area contributed by atoms with Gasteiger partial charge < -0.3 is 69.3 Å². The first-order valence-corrected chi connectivity index (χ1v) is 17.3. The van der Waals surface area contributed by atoms with E-state index in [4.69, 9.17) is 28.4 Å². The van der Waals surface area contributed by atoms with Gasteiger partial charge in [-0.2, -0.15) is 0 Å². The normalized spacial score (nSPS) is 25.1. The molecule has 290 valence electrons. The van der Waals surface area contributed by atoms with Crippen LogP contribution in [0.25, 0.3) is 11.1 Å². The number of benzene rings is 4. The number of hydrogen-bond donors (Lipinski definition) is 8. The minimum atomic E-state index is -1.59. The van der Waals surface area contributed by atoms with E-state index in [0.717, 1.165) is 0 Å². The van der Waals surface area contributed by atoms with E-state index in [0.29, 0.717) is 22.3 Å². The van der Waals surface area contributed by atoms with E-state index >= 15 is 0 Å². The van der Waals surface area contributed by atoms with Crippen molar-refractivity contribution in [2.24, 2.45) is 11.8 Å². The van der Waals surface area contributed by atoms with Crippen LogP contribution in [0.3, 0.4) is 0 Å². The molecule has 0 aromatic heterocycles. The van der Waals surface area contributed by atoms with Gasteiger partial charge in [0, 0.05) is 35.8 Å². The Hall–Kier alpha value is -4.96. The third-order valence-corrected chi connectivity index (χ3v) is 10.6. The van der Waals surface area contributed by atoms with Crippen molar-refractivity contribution in [2.45, 2.75) is 36.3 Å². The molecular formula is C40H46O14. The molecule has 14 nitrogen and oxygen atoms in total. The average molecular weight is 751 g/mol. The Morgan fingerprint density at radius 2 is 1.00 bits per heavy atom. The van der Waals surface area contributed by atoms with Gasteiger partial charge in [-0.05, 0) is 70.8 Å². The van der Waals surface area contributed by atoms with Gasteiger partial charge >= 0.3 is 0 Å². The Labute approximate surface area is 311 Å². The van der Waals surface area contributed by atoms with Crippen LogP contribution in [0.2, 0.25) is 0 Å². The zero-order valence-corrected chi connectivity index (χ0v) is 30.4. The number of phenolic OH excluding ortho intramolecular Hbond substituents is 4. The molecule has 14 heteroatoms. The summed E-state index contributed by atoms with van der Waals surface area (Å²) in [7, 11) is 5.55. The number of methoxy groups -OCH3 is 4. The second kappa shape index (κ2) is 15.4. The van der Waals surface area contributed by atoms with Crippen LogP contribution in [0.5, 0.6) is 46.0 Å². The van der Waals surface area contributed by atoms with Gasteiger partial charge in [0.2, 0.25) is 0 Å². The molecule has 2 saturated heterocycles. The molecule has 0 spiro atoms. The van der Waals surface area contributed by atoms with Crippen molar-refractivity contribution in [1.29, 1.82) is 0 Å². The van der Waals surface area contributed by atoms with Crippen LogP contribution in [-0.4, -0.2) is 107 Å². The summed E-state index contributed by atoms with van der Waals surface area (Å²) in [5.74, 6) is -1.90. The molecule has 2 aliphatic rings. The topological polar surface area (TPSA) is 217 Å². The molecule has 0 radical (unpaired) electrons. The number of hydrogen-bond acceptors (Lipinski definition) is 14. The number of rotatable bonds is 13. The summed E-state index contributed by atoms with van der Waals surface area (Å²) >= 11 is 0. The number of aliphatic hydroxyl groups excluding tert-OH is 2. The minimum Gasteiger partial charge on any atom is -0.504 e. The second-order valence-corrected chi connectivity index (χ2v) is 13.9. The van der Waals surface area contributed by atoms with Gasteiger partial charge in [-0.1, -0.05) is 12.1 Å². The van der Waals surface area contributed by atoms with Gasteiger partial charge in [0.25, 0.3) is 0 Å². The van der Waals surface area contributed by atoms with Crippen LogP contribution >= 0.6 is 0 Å². The average Bonchev–Trinajstić information content (AvgIpc) is 3.68. The fraction of sp³-hybridized carbons (Fsp3) is 0.400. The Balaban J connectivity index is 1.35. The number of aromatic hydroxyl groups is 4. The molecule has 2 heterocycles. The van der Waals surface area contributed by atoms with E-state index in [2.05, 4.69) is 0 Å². The van der Waals surface area contributed by atoms with E-state index in [-0.39, 0.29) is 83.2 Å². The molecule has 54 heavy (non-hydrogen) atoms. The highest BCUT2D eigenvalue weighted by Crippen LogP contribution is 2.51. The van der Waals surface area contributed by atoms with Crippen molar-refractivity contribution in [3.8, 4) is 57.1 Å². The first-order chi connectivity index (χ1) is 25.8. The molecule has 0 bridgehead atoms. The Morgan fingerprint density at radius 3 is 1.56 bits per heavy atom. The molecule has 0 aliphatic carbocycles. The zero-order chi connectivity index (χ0) is 38.9. The van der Waals surface area contributed by atoms with Gasteiger partial charge in [0.15, 0.2) is 46.0 Å².